The molecule has 0 atom stereocenters. The van der Waals surface area contributed by atoms with Crippen molar-refractivity contribution in [3.63, 3.8) is 0 Å². The summed E-state index contributed by atoms with van der Waals surface area (Å²) in [6.45, 7) is 8.58. The van der Waals surface area contributed by atoms with Gasteiger partial charge < -0.3 is 9.47 Å². The second kappa shape index (κ2) is 5.63. The molecule has 0 heterocycles. The van der Waals surface area contributed by atoms with E-state index >= 15 is 0 Å². The molecule has 0 aliphatic carbocycles. The summed E-state index contributed by atoms with van der Waals surface area (Å²) in [6.07, 6.45) is 0. The molecule has 0 aliphatic heterocycles. The van der Waals surface area contributed by atoms with E-state index in [0.29, 0.717) is 0 Å². The number of carbonyl (C=O) groups excluding carboxylic acids is 3. The Bertz CT molecular complexity index is 285. The largest absolute Gasteiger partial charge is 0.459 e. The third-order valence-corrected chi connectivity index (χ3v) is 1.32. The number of carbonyl (C=O) groups is 3. The predicted molar refractivity (Wildman–Crippen MR) is 56.6 cm³/mol. The smallest absolute Gasteiger partial charge is 0.387 e. The van der Waals surface area contributed by atoms with E-state index in [1.807, 2.05) is 13.8 Å². The Labute approximate surface area is 95.1 Å². The second-order valence-corrected chi connectivity index (χ2v) is 4.82. The zero-order valence-electron chi connectivity index (χ0n) is 10.3. The van der Waals surface area contributed by atoms with Crippen LogP contribution in [0.3, 0.4) is 0 Å². The Morgan fingerprint density at radius 2 is 1.56 bits per heavy atom. The van der Waals surface area contributed by atoms with Gasteiger partial charge in [0.15, 0.2) is 0 Å². The summed E-state index contributed by atoms with van der Waals surface area (Å²) in [7, 11) is 0. The first-order chi connectivity index (χ1) is 7.13. The Kier molecular flexibility index (Phi) is 5.14. The second-order valence-electron chi connectivity index (χ2n) is 4.82. The maximum atomic E-state index is 11.2. The third kappa shape index (κ3) is 6.16. The van der Waals surface area contributed by atoms with Crippen LogP contribution in [0.2, 0.25) is 0 Å². The molecule has 0 aromatic carbocycles. The van der Waals surface area contributed by atoms with E-state index < -0.39 is 23.3 Å². The van der Waals surface area contributed by atoms with Crippen LogP contribution in [-0.4, -0.2) is 29.9 Å². The zero-order chi connectivity index (χ0) is 12.9. The number of ether oxygens (including phenoxy) is 2. The molecule has 5 heteroatoms. The molecule has 0 spiro atoms. The summed E-state index contributed by atoms with van der Waals surface area (Å²) in [5.74, 6) is -3.50. The van der Waals surface area contributed by atoms with Crippen LogP contribution in [0.5, 0.6) is 0 Å². The van der Waals surface area contributed by atoms with E-state index in [4.69, 9.17) is 4.74 Å². The highest BCUT2D eigenvalue weighted by Gasteiger charge is 2.29. The Morgan fingerprint density at radius 3 is 1.94 bits per heavy atom. The lowest BCUT2D eigenvalue weighted by atomic mass is 10.2. The van der Waals surface area contributed by atoms with Crippen LogP contribution in [0.1, 0.15) is 34.6 Å². The topological polar surface area (TPSA) is 69.7 Å². The minimum Gasteiger partial charge on any atom is -0.459 e. The molecular weight excluding hydrogens is 212 g/mol. The molecule has 0 fully saturated rings. The van der Waals surface area contributed by atoms with Crippen molar-refractivity contribution in [2.75, 3.05) is 6.61 Å². The fourth-order valence-electron chi connectivity index (χ4n) is 0.716. The summed E-state index contributed by atoms with van der Waals surface area (Å²) in [4.78, 5) is 33.5. The number of hydrogen-bond donors (Lipinski definition) is 0. The van der Waals surface area contributed by atoms with E-state index in [-0.39, 0.29) is 12.5 Å². The van der Waals surface area contributed by atoms with Crippen molar-refractivity contribution in [1.29, 1.82) is 0 Å². The van der Waals surface area contributed by atoms with Crippen LogP contribution in [0.4, 0.5) is 0 Å². The normalized spacial score (nSPS) is 11.1. The maximum absolute atomic E-state index is 11.2. The lowest BCUT2D eigenvalue weighted by Gasteiger charge is -2.18. The summed E-state index contributed by atoms with van der Waals surface area (Å²) in [6, 6.07) is 0. The van der Waals surface area contributed by atoms with E-state index in [1.165, 1.54) is 0 Å². The Morgan fingerprint density at radius 1 is 1.06 bits per heavy atom. The Balaban J connectivity index is 4.24. The van der Waals surface area contributed by atoms with Crippen LogP contribution < -0.4 is 0 Å². The third-order valence-electron chi connectivity index (χ3n) is 1.32. The Hall–Kier alpha value is -1.39. The molecule has 0 aromatic heterocycles. The average molecular weight is 230 g/mol. The van der Waals surface area contributed by atoms with Crippen molar-refractivity contribution in [3.8, 4) is 0 Å². The first-order valence-corrected chi connectivity index (χ1v) is 5.08. The minimum atomic E-state index is -1.27. The summed E-state index contributed by atoms with van der Waals surface area (Å²) < 4.78 is 9.35. The molecule has 0 radical (unpaired) electrons. The molecule has 0 aliphatic rings. The van der Waals surface area contributed by atoms with Crippen molar-refractivity contribution in [3.05, 3.63) is 0 Å². The van der Waals surface area contributed by atoms with Crippen molar-refractivity contribution in [1.82, 2.24) is 0 Å². The van der Waals surface area contributed by atoms with E-state index in [2.05, 4.69) is 4.74 Å². The van der Waals surface area contributed by atoms with Gasteiger partial charge in [-0.25, -0.2) is 9.59 Å². The van der Waals surface area contributed by atoms with Gasteiger partial charge in [0.25, 0.3) is 0 Å². The summed E-state index contributed by atoms with van der Waals surface area (Å²) >= 11 is 0. The quantitative estimate of drug-likeness (QED) is 0.411. The molecule has 0 bridgehead atoms. The van der Waals surface area contributed by atoms with Gasteiger partial charge in [-0.2, -0.15) is 0 Å². The highest BCUT2D eigenvalue weighted by molar-refractivity contribution is 6.60. The van der Waals surface area contributed by atoms with E-state index in [9.17, 15) is 14.4 Å². The van der Waals surface area contributed by atoms with Gasteiger partial charge in [-0.05, 0) is 26.7 Å². The van der Waals surface area contributed by atoms with Crippen LogP contribution >= 0.6 is 0 Å². The number of esters is 2. The molecule has 5 nitrogen and oxygen atoms in total. The first kappa shape index (κ1) is 14.6. The highest BCUT2D eigenvalue weighted by atomic mass is 16.6. The molecule has 92 valence electrons. The van der Waals surface area contributed by atoms with Gasteiger partial charge in [0.1, 0.15) is 5.60 Å². The van der Waals surface area contributed by atoms with Crippen molar-refractivity contribution >= 4 is 17.7 Å². The lowest BCUT2D eigenvalue weighted by Crippen LogP contribution is -2.34. The van der Waals surface area contributed by atoms with Gasteiger partial charge in [-0.3, -0.25) is 4.79 Å². The van der Waals surface area contributed by atoms with Crippen molar-refractivity contribution in [2.45, 2.75) is 40.2 Å². The predicted octanol–water partition coefficient (Wildman–Crippen LogP) is 1.10. The molecule has 0 saturated carbocycles. The molecule has 0 amide bonds. The average Bonchev–Trinajstić information content (AvgIpc) is 2.10. The van der Waals surface area contributed by atoms with E-state index in [1.54, 1.807) is 20.8 Å². The molecule has 16 heavy (non-hydrogen) atoms. The van der Waals surface area contributed by atoms with Crippen LogP contribution in [0.15, 0.2) is 0 Å². The fourth-order valence-corrected chi connectivity index (χ4v) is 0.716. The maximum Gasteiger partial charge on any atom is 0.387 e. The van der Waals surface area contributed by atoms with Crippen LogP contribution in [0.25, 0.3) is 0 Å². The highest BCUT2D eigenvalue weighted by Crippen LogP contribution is 2.07. The summed E-state index contributed by atoms with van der Waals surface area (Å²) in [5.41, 5.74) is -0.801. The van der Waals surface area contributed by atoms with Crippen molar-refractivity contribution < 1.29 is 23.9 Å². The van der Waals surface area contributed by atoms with Gasteiger partial charge in [-0.15, -0.1) is 0 Å². The van der Waals surface area contributed by atoms with Gasteiger partial charge in [0.05, 0.1) is 6.61 Å². The SMILES string of the molecule is CC(C)COC(=O)C(=O)C(=O)OC(C)(C)C. The fraction of sp³-hybridized carbons (Fsp3) is 0.727. The number of Topliss-reactive ketones (excluding diaryl/α,β-unsaturated/α-hetero) is 1. The van der Waals surface area contributed by atoms with Crippen LogP contribution in [-0.2, 0) is 23.9 Å². The molecule has 0 aromatic rings. The van der Waals surface area contributed by atoms with E-state index in [0.717, 1.165) is 0 Å². The standard InChI is InChI=1S/C11H18O5/c1-7(2)6-15-9(13)8(12)10(14)16-11(3,4)5/h7H,6H2,1-5H3. The van der Waals surface area contributed by atoms with Gasteiger partial charge in [0, 0.05) is 0 Å². The van der Waals surface area contributed by atoms with Gasteiger partial charge >= 0.3 is 17.7 Å². The van der Waals surface area contributed by atoms with Gasteiger partial charge in [-0.1, -0.05) is 13.8 Å². The zero-order valence-corrected chi connectivity index (χ0v) is 10.3. The van der Waals surface area contributed by atoms with Crippen molar-refractivity contribution in [2.24, 2.45) is 5.92 Å². The number of rotatable bonds is 4. The lowest BCUT2D eigenvalue weighted by molar-refractivity contribution is -0.170. The number of hydrogen-bond acceptors (Lipinski definition) is 5. The number of ketones is 1. The minimum absolute atomic E-state index is 0.105. The molecule has 0 rings (SSSR count). The van der Waals surface area contributed by atoms with Gasteiger partial charge in [0.2, 0.25) is 0 Å². The first-order valence-electron chi connectivity index (χ1n) is 5.08. The molecule has 0 N–H and O–H groups in total. The molecular formula is C11H18O5. The molecule has 0 unspecified atom stereocenters. The van der Waals surface area contributed by atoms with Crippen LogP contribution in [0, 0.1) is 5.92 Å². The molecule has 0 saturated heterocycles. The summed E-state index contributed by atoms with van der Waals surface area (Å²) in [5, 5.41) is 0. The monoisotopic (exact) mass is 230 g/mol.